The molecule has 0 unspecified atom stereocenters. The van der Waals surface area contributed by atoms with E-state index in [1.54, 1.807) is 23.9 Å². The van der Waals surface area contributed by atoms with Gasteiger partial charge in [-0.2, -0.15) is 23.1 Å². The van der Waals surface area contributed by atoms with E-state index in [0.29, 0.717) is 12.1 Å². The number of rotatable bonds is 8. The van der Waals surface area contributed by atoms with Crippen LogP contribution in [0.1, 0.15) is 41.4 Å². The first kappa shape index (κ1) is 33.4. The summed E-state index contributed by atoms with van der Waals surface area (Å²) in [4.78, 5) is 30.1. The summed E-state index contributed by atoms with van der Waals surface area (Å²) in [6.07, 6.45) is 7.41. The fourth-order valence-electron chi connectivity index (χ4n) is 3.61. The third-order valence-corrected chi connectivity index (χ3v) is 7.39. The van der Waals surface area contributed by atoms with Crippen LogP contribution in [0.25, 0.3) is 11.1 Å². The van der Waals surface area contributed by atoms with Gasteiger partial charge in [0.15, 0.2) is 0 Å². The number of aromatic amines is 1. The van der Waals surface area contributed by atoms with Crippen LogP contribution in [0.2, 0.25) is 0 Å². The summed E-state index contributed by atoms with van der Waals surface area (Å²) in [5, 5.41) is 17.0. The molecule has 0 spiro atoms. The zero-order valence-corrected chi connectivity index (χ0v) is 25.9. The van der Waals surface area contributed by atoms with Gasteiger partial charge in [0, 0.05) is 24.5 Å². The molecule has 3 N–H and O–H groups in total. The number of carbonyl (C=O) groups excluding carboxylic acids is 2. The lowest BCUT2D eigenvalue weighted by Crippen LogP contribution is -2.26. The van der Waals surface area contributed by atoms with Crippen molar-refractivity contribution in [3.8, 4) is 11.1 Å². The van der Waals surface area contributed by atoms with E-state index < -0.39 is 0 Å². The zero-order chi connectivity index (χ0) is 30.0. The van der Waals surface area contributed by atoms with E-state index in [1.165, 1.54) is 11.3 Å². The first-order valence-corrected chi connectivity index (χ1v) is 15.6. The number of nitrogens with zero attached hydrogens (tertiary/aromatic N) is 2. The van der Waals surface area contributed by atoms with Crippen molar-refractivity contribution in [1.82, 2.24) is 15.3 Å². The maximum absolute atomic E-state index is 12.9. The van der Waals surface area contributed by atoms with E-state index in [1.807, 2.05) is 74.1 Å². The quantitative estimate of drug-likeness (QED) is 0.186. The predicted octanol–water partition coefficient (Wildman–Crippen LogP) is 7.29. The number of imidazole rings is 1. The van der Waals surface area contributed by atoms with Crippen LogP contribution in [-0.4, -0.2) is 53.4 Å². The van der Waals surface area contributed by atoms with E-state index in [-0.39, 0.29) is 18.2 Å². The summed E-state index contributed by atoms with van der Waals surface area (Å²) >= 11 is 3.60. The van der Waals surface area contributed by atoms with Gasteiger partial charge >= 0.3 is 0 Å². The molecular formula is C32H40N4O3S2. The molecule has 1 amide bonds. The molecule has 0 aliphatic heterocycles. The number of carbonyl (C=O) groups is 2. The molecule has 2 heterocycles. The van der Waals surface area contributed by atoms with Gasteiger partial charge < -0.3 is 25.1 Å². The van der Waals surface area contributed by atoms with Crippen LogP contribution >= 0.6 is 23.1 Å². The minimum Gasteiger partial charge on any atom is -0.510 e. The van der Waals surface area contributed by atoms with Crippen LogP contribution in [0.5, 0.6) is 0 Å². The summed E-state index contributed by atoms with van der Waals surface area (Å²) in [6.45, 7) is 7.09. The van der Waals surface area contributed by atoms with Crippen LogP contribution in [0.4, 0.5) is 5.69 Å². The average Bonchev–Trinajstić information content (AvgIpc) is 3.54. The molecule has 0 bridgehead atoms. The maximum atomic E-state index is 12.9. The summed E-state index contributed by atoms with van der Waals surface area (Å²) in [5.41, 5.74) is 6.82. The number of thiophene rings is 1. The Kier molecular flexibility index (Phi) is 15.1. The Hall–Kier alpha value is -3.82. The van der Waals surface area contributed by atoms with E-state index in [9.17, 15) is 9.90 Å². The van der Waals surface area contributed by atoms with Gasteiger partial charge in [0.1, 0.15) is 12.5 Å². The molecule has 0 atom stereocenters. The monoisotopic (exact) mass is 592 g/mol. The fraction of sp³-hybridized carbons (Fsp3) is 0.281. The Morgan fingerprint density at radius 1 is 1.17 bits per heavy atom. The van der Waals surface area contributed by atoms with Gasteiger partial charge in [-0.3, -0.25) is 4.79 Å². The highest BCUT2D eigenvalue weighted by molar-refractivity contribution is 7.98. The predicted molar refractivity (Wildman–Crippen MR) is 174 cm³/mol. The van der Waals surface area contributed by atoms with Gasteiger partial charge in [-0.05, 0) is 89.1 Å². The Morgan fingerprint density at radius 2 is 1.88 bits per heavy atom. The maximum Gasteiger partial charge on any atom is 0.252 e. The molecular weight excluding hydrogens is 553 g/mol. The number of aliphatic hydroxyl groups excluding tert-OH is 1. The molecule has 2 aromatic heterocycles. The second-order valence-corrected chi connectivity index (χ2v) is 11.1. The number of aryl methyl sites for hydroxylation is 1. The standard InChI is InChI=1S/C23H24N4O2.C5H6S.C3H8S.CH2O/c1-27(14-18-12-24-15-26-18)19-9-10-20(21(11-19)16-5-3-2-4-6-16)23(29)25-13-22(28)17-7-8-17;1-5-2-3-6-4-5;1-3-4-2;1-2/h2-6,9-12,15,28H,7-8,13-14H2,1H3,(H,24,26)(H,25,29);2-4H,1H3;3H2,1-2H3;1H2. The van der Waals surface area contributed by atoms with Gasteiger partial charge in [-0.15, -0.1) is 0 Å². The number of nitrogens with one attached hydrogen (secondary N) is 2. The first-order chi connectivity index (χ1) is 19.9. The number of aromatic nitrogens is 2. The smallest absolute Gasteiger partial charge is 0.252 e. The first-order valence-electron chi connectivity index (χ1n) is 13.2. The van der Waals surface area contributed by atoms with Crippen LogP contribution < -0.4 is 10.2 Å². The highest BCUT2D eigenvalue weighted by atomic mass is 32.2. The number of anilines is 1. The van der Waals surface area contributed by atoms with Gasteiger partial charge in [-0.1, -0.05) is 37.3 Å². The molecule has 2 aromatic carbocycles. The second-order valence-electron chi connectivity index (χ2n) is 9.14. The second kappa shape index (κ2) is 18.5. The number of hydrogen-bond donors (Lipinski definition) is 3. The zero-order valence-electron chi connectivity index (χ0n) is 24.2. The molecule has 4 aromatic rings. The lowest BCUT2D eigenvalue weighted by Gasteiger charge is -2.21. The van der Waals surface area contributed by atoms with Gasteiger partial charge in [0.05, 0.1) is 25.1 Å². The molecule has 218 valence electrons. The van der Waals surface area contributed by atoms with Crippen molar-refractivity contribution in [3.63, 3.8) is 0 Å². The van der Waals surface area contributed by atoms with E-state index in [2.05, 4.69) is 57.1 Å². The minimum atomic E-state index is -0.195. The third-order valence-electron chi connectivity index (χ3n) is 6.01. The van der Waals surface area contributed by atoms with E-state index in [4.69, 9.17) is 4.79 Å². The molecule has 9 heteroatoms. The lowest BCUT2D eigenvalue weighted by atomic mass is 9.98. The van der Waals surface area contributed by atoms with Crippen molar-refractivity contribution in [1.29, 1.82) is 0 Å². The van der Waals surface area contributed by atoms with E-state index in [0.717, 1.165) is 40.9 Å². The molecule has 5 rings (SSSR count). The molecule has 7 nitrogen and oxygen atoms in total. The number of hydrogen-bond acceptors (Lipinski definition) is 7. The van der Waals surface area contributed by atoms with Crippen molar-refractivity contribution >= 4 is 41.5 Å². The molecule has 0 saturated heterocycles. The Morgan fingerprint density at radius 3 is 2.39 bits per heavy atom. The third kappa shape index (κ3) is 11.7. The number of aliphatic hydroxyl groups is 1. The van der Waals surface area contributed by atoms with Crippen LogP contribution in [0.15, 0.2) is 89.2 Å². The number of H-pyrrole nitrogens is 1. The summed E-state index contributed by atoms with van der Waals surface area (Å²) in [7, 11) is 2.00. The van der Waals surface area contributed by atoms with Crippen molar-refractivity contribution in [2.24, 2.45) is 0 Å². The lowest BCUT2D eigenvalue weighted by molar-refractivity contribution is -0.0980. The highest BCUT2D eigenvalue weighted by Crippen LogP contribution is 2.31. The molecule has 1 aliphatic rings. The van der Waals surface area contributed by atoms with Crippen LogP contribution in [0.3, 0.4) is 0 Å². The number of thioether (sulfide) groups is 1. The van der Waals surface area contributed by atoms with Crippen LogP contribution in [0, 0.1) is 6.92 Å². The normalized spacial score (nSPS) is 11.0. The van der Waals surface area contributed by atoms with E-state index >= 15 is 0 Å². The van der Waals surface area contributed by atoms with Crippen molar-refractivity contribution < 1.29 is 14.7 Å². The number of amides is 1. The van der Waals surface area contributed by atoms with Crippen LogP contribution in [-0.2, 0) is 11.3 Å². The summed E-state index contributed by atoms with van der Waals surface area (Å²) in [5.74, 6) is 1.33. The highest BCUT2D eigenvalue weighted by Gasteiger charge is 2.19. The molecule has 1 aliphatic carbocycles. The average molecular weight is 593 g/mol. The summed E-state index contributed by atoms with van der Waals surface area (Å²) < 4.78 is 0. The SMILES string of the molecule is C=O.CCSC.CN(Cc1cnc[nH]1)c1ccc(C(=O)NCC(O)=C2CC2)c(-c2ccccc2)c1.Cc1ccsc1. The number of allylic oxidation sites excluding steroid dienone is 1. The van der Waals surface area contributed by atoms with Gasteiger partial charge in [0.2, 0.25) is 0 Å². The van der Waals surface area contributed by atoms with Crippen molar-refractivity contribution in [2.45, 2.75) is 33.2 Å². The Balaban J connectivity index is 0.000000412. The summed E-state index contributed by atoms with van der Waals surface area (Å²) in [6, 6.07) is 17.8. The van der Waals surface area contributed by atoms with Crippen molar-refractivity contribution in [3.05, 3.63) is 106 Å². The van der Waals surface area contributed by atoms with Gasteiger partial charge in [-0.25, -0.2) is 4.98 Å². The topological polar surface area (TPSA) is 98.3 Å². The fourth-order valence-corrected chi connectivity index (χ4v) is 4.27. The minimum absolute atomic E-state index is 0.171. The Labute approximate surface area is 251 Å². The molecule has 1 fully saturated rings. The molecule has 0 radical (unpaired) electrons. The van der Waals surface area contributed by atoms with Gasteiger partial charge in [0.25, 0.3) is 5.91 Å². The molecule has 41 heavy (non-hydrogen) atoms. The van der Waals surface area contributed by atoms with Crippen molar-refractivity contribution in [2.75, 3.05) is 30.5 Å². The molecule has 1 saturated carbocycles. The Bertz CT molecular complexity index is 1320. The number of benzene rings is 2. The largest absolute Gasteiger partial charge is 0.510 e.